The molecule has 2 aromatic rings. The van der Waals surface area contributed by atoms with Gasteiger partial charge in [0.25, 0.3) is 0 Å². The van der Waals surface area contributed by atoms with Crippen LogP contribution in [-0.4, -0.2) is 39.6 Å². The molecule has 2 rings (SSSR count). The van der Waals surface area contributed by atoms with Crippen LogP contribution in [-0.2, 0) is 17.1 Å². The molecule has 0 aliphatic heterocycles. The fourth-order valence-electron chi connectivity index (χ4n) is 2.79. The Morgan fingerprint density at radius 2 is 1.71 bits per heavy atom. The quantitative estimate of drug-likeness (QED) is 0.272. The minimum absolute atomic E-state index is 0.0440. The van der Waals surface area contributed by atoms with Gasteiger partial charge in [0.15, 0.2) is 5.75 Å². The molecule has 0 saturated heterocycles. The van der Waals surface area contributed by atoms with Crippen LogP contribution < -0.4 is 15.0 Å². The van der Waals surface area contributed by atoms with Crippen molar-refractivity contribution in [2.45, 2.75) is 12.4 Å². The molecule has 2 N–H and O–H groups in total. The number of methoxy groups -OCH3 is 1. The maximum Gasteiger partial charge on any atom is 0.420 e. The lowest BCUT2D eigenvalue weighted by Crippen LogP contribution is -2.30. The number of benzene rings is 2. The van der Waals surface area contributed by atoms with Gasteiger partial charge in [-0.25, -0.2) is 9.18 Å². The van der Waals surface area contributed by atoms with E-state index >= 15 is 0 Å². The smallest absolute Gasteiger partial charge is 0.409 e. The van der Waals surface area contributed by atoms with E-state index in [4.69, 9.17) is 14.9 Å². The highest BCUT2D eigenvalue weighted by Gasteiger charge is 2.41. The predicted octanol–water partition coefficient (Wildman–Crippen LogP) is 5.72. The minimum Gasteiger partial charge on any atom is -0.409 e. The van der Waals surface area contributed by atoms with Crippen molar-refractivity contribution < 1.29 is 45.0 Å². The Bertz CT molecular complexity index is 1080. The van der Waals surface area contributed by atoms with Crippen LogP contribution >= 0.6 is 0 Å². The first kappa shape index (κ1) is 27.6. The topological polar surface area (TPSA) is 74.6 Å². The van der Waals surface area contributed by atoms with Crippen LogP contribution in [0.15, 0.2) is 42.6 Å². The third kappa shape index (κ3) is 7.18. The summed E-state index contributed by atoms with van der Waals surface area (Å²) < 4.78 is 105. The van der Waals surface area contributed by atoms with Crippen LogP contribution in [0.3, 0.4) is 0 Å². The van der Waals surface area contributed by atoms with Crippen molar-refractivity contribution in [2.24, 2.45) is 0 Å². The maximum atomic E-state index is 13.8. The van der Waals surface area contributed by atoms with Gasteiger partial charge in [0.05, 0.1) is 17.7 Å². The summed E-state index contributed by atoms with van der Waals surface area (Å²) in [7, 11) is 2.49. The summed E-state index contributed by atoms with van der Waals surface area (Å²) in [5.74, 6) is -1.87. The molecule has 0 aromatic heterocycles. The van der Waals surface area contributed by atoms with E-state index < -0.39 is 52.3 Å². The Hall–Kier alpha value is -3.61. The van der Waals surface area contributed by atoms with E-state index in [2.05, 4.69) is 5.32 Å². The SMILES string of the molecule is COCCN/C=C(\C=N)c1cc(C(F)(F)F)cc(C(F)(F)F)c1OC(=O)N(C)c1ccc(F)cc1. The van der Waals surface area contributed by atoms with Gasteiger partial charge < -0.3 is 20.2 Å². The predicted molar refractivity (Wildman–Crippen MR) is 114 cm³/mol. The van der Waals surface area contributed by atoms with Crippen molar-refractivity contribution in [3.05, 3.63) is 65.1 Å². The second kappa shape index (κ2) is 11.2. The van der Waals surface area contributed by atoms with E-state index in [9.17, 15) is 35.5 Å². The molecule has 0 fully saturated rings. The van der Waals surface area contributed by atoms with Crippen molar-refractivity contribution in [3.63, 3.8) is 0 Å². The summed E-state index contributed by atoms with van der Waals surface area (Å²) >= 11 is 0. The van der Waals surface area contributed by atoms with Gasteiger partial charge in [0.2, 0.25) is 0 Å². The van der Waals surface area contributed by atoms with E-state index in [0.29, 0.717) is 12.3 Å². The number of hydrogen-bond acceptors (Lipinski definition) is 5. The van der Waals surface area contributed by atoms with Gasteiger partial charge in [0, 0.05) is 49.9 Å². The first-order valence-electron chi connectivity index (χ1n) is 9.76. The monoisotopic (exact) mass is 507 g/mol. The Balaban J connectivity index is 2.66. The molecule has 0 spiro atoms. The number of rotatable bonds is 8. The van der Waals surface area contributed by atoms with Crippen LogP contribution in [0, 0.1) is 11.2 Å². The highest BCUT2D eigenvalue weighted by Crippen LogP contribution is 2.44. The summed E-state index contributed by atoms with van der Waals surface area (Å²) in [6, 6.07) is 4.46. The standard InChI is InChI=1S/C22H20F7N3O3/c1-32(16-5-3-15(23)4-6-16)20(33)35-19-17(13(11-30)12-31-7-8-34-2)9-14(21(24,25)26)10-18(19)22(27,28)29/h3-6,9-12,30-31H,7-8H2,1-2H3/b13-12+,30-11?. The van der Waals surface area contributed by atoms with E-state index in [0.717, 1.165) is 42.4 Å². The molecule has 0 saturated carbocycles. The van der Waals surface area contributed by atoms with Crippen molar-refractivity contribution in [1.82, 2.24) is 5.32 Å². The molecule has 0 atom stereocenters. The van der Waals surface area contributed by atoms with E-state index in [1.807, 2.05) is 0 Å². The van der Waals surface area contributed by atoms with Crippen LogP contribution in [0.5, 0.6) is 5.75 Å². The summed E-state index contributed by atoms with van der Waals surface area (Å²) in [5, 5.41) is 10.1. The van der Waals surface area contributed by atoms with E-state index in [1.165, 1.54) is 7.11 Å². The van der Waals surface area contributed by atoms with Gasteiger partial charge in [-0.3, -0.25) is 4.90 Å². The number of carbonyl (C=O) groups is 1. The van der Waals surface area contributed by atoms with Gasteiger partial charge in [-0.15, -0.1) is 0 Å². The molecule has 0 radical (unpaired) electrons. The van der Waals surface area contributed by atoms with E-state index in [-0.39, 0.29) is 24.9 Å². The number of amides is 1. The number of anilines is 1. The molecule has 0 aliphatic carbocycles. The van der Waals surface area contributed by atoms with Gasteiger partial charge in [-0.2, -0.15) is 26.3 Å². The third-order valence-corrected chi connectivity index (χ3v) is 4.57. The zero-order valence-corrected chi connectivity index (χ0v) is 18.4. The lowest BCUT2D eigenvalue weighted by molar-refractivity contribution is -0.143. The molecule has 13 heteroatoms. The van der Waals surface area contributed by atoms with Crippen LogP contribution in [0.25, 0.3) is 5.57 Å². The number of ether oxygens (including phenoxy) is 2. The van der Waals surface area contributed by atoms with Gasteiger partial charge in [-0.1, -0.05) is 0 Å². The van der Waals surface area contributed by atoms with Crippen LogP contribution in [0.4, 0.5) is 41.2 Å². The summed E-state index contributed by atoms with van der Waals surface area (Å²) in [6.45, 7) is 0.282. The molecule has 1 amide bonds. The summed E-state index contributed by atoms with van der Waals surface area (Å²) in [5.41, 5.74) is -4.70. The Labute approximate surface area is 195 Å². The lowest BCUT2D eigenvalue weighted by atomic mass is 9.98. The number of nitrogens with one attached hydrogen (secondary N) is 2. The zero-order chi connectivity index (χ0) is 26.4. The highest BCUT2D eigenvalue weighted by atomic mass is 19.4. The highest BCUT2D eigenvalue weighted by molar-refractivity contribution is 6.10. The van der Waals surface area contributed by atoms with Gasteiger partial charge >= 0.3 is 18.4 Å². The second-order valence-corrected chi connectivity index (χ2v) is 6.99. The molecular weight excluding hydrogens is 487 g/mol. The van der Waals surface area contributed by atoms with Crippen molar-refractivity contribution in [2.75, 3.05) is 32.2 Å². The average molecular weight is 507 g/mol. The number of alkyl halides is 6. The maximum absolute atomic E-state index is 13.8. The van der Waals surface area contributed by atoms with Gasteiger partial charge in [0.1, 0.15) is 5.82 Å². The number of allylic oxidation sites excluding steroid dienone is 1. The molecule has 190 valence electrons. The minimum atomic E-state index is -5.35. The molecule has 0 unspecified atom stereocenters. The third-order valence-electron chi connectivity index (χ3n) is 4.57. The fourth-order valence-corrected chi connectivity index (χ4v) is 2.79. The van der Waals surface area contributed by atoms with Gasteiger partial charge in [-0.05, 0) is 36.4 Å². The Morgan fingerprint density at radius 3 is 2.23 bits per heavy atom. The second-order valence-electron chi connectivity index (χ2n) is 6.99. The Kier molecular flexibility index (Phi) is 8.85. The number of nitrogens with zero attached hydrogens (tertiary/aromatic N) is 1. The Morgan fingerprint density at radius 1 is 1.09 bits per heavy atom. The average Bonchev–Trinajstić information content (AvgIpc) is 2.78. The van der Waals surface area contributed by atoms with Crippen molar-refractivity contribution >= 4 is 23.6 Å². The molecule has 0 bridgehead atoms. The fraction of sp³-hybridized carbons (Fsp3) is 0.273. The molecule has 0 aliphatic rings. The summed E-state index contributed by atoms with van der Waals surface area (Å²) in [4.78, 5) is 13.4. The lowest BCUT2D eigenvalue weighted by Gasteiger charge is -2.22. The molecule has 0 heterocycles. The normalized spacial score (nSPS) is 12.3. The first-order valence-corrected chi connectivity index (χ1v) is 9.76. The van der Waals surface area contributed by atoms with Crippen LogP contribution in [0.2, 0.25) is 0 Å². The molecule has 2 aromatic carbocycles. The first-order chi connectivity index (χ1) is 16.3. The molecule has 35 heavy (non-hydrogen) atoms. The molecule has 6 nitrogen and oxygen atoms in total. The number of halogens is 7. The number of hydrogen-bond donors (Lipinski definition) is 2. The zero-order valence-electron chi connectivity index (χ0n) is 18.4. The number of carbonyl (C=O) groups excluding carboxylic acids is 1. The van der Waals surface area contributed by atoms with Crippen LogP contribution in [0.1, 0.15) is 16.7 Å². The van der Waals surface area contributed by atoms with E-state index in [1.54, 1.807) is 0 Å². The van der Waals surface area contributed by atoms with Crippen molar-refractivity contribution in [1.29, 1.82) is 5.41 Å². The molecular formula is C22H20F7N3O3. The van der Waals surface area contributed by atoms with Crippen molar-refractivity contribution in [3.8, 4) is 5.75 Å². The summed E-state index contributed by atoms with van der Waals surface area (Å²) in [6.07, 6.45) is -10.4. The largest absolute Gasteiger partial charge is 0.420 e.